The van der Waals surface area contributed by atoms with Crippen LogP contribution in [0.4, 0.5) is 5.69 Å². The second-order valence-electron chi connectivity index (χ2n) is 9.31. The van der Waals surface area contributed by atoms with Gasteiger partial charge in [-0.1, -0.05) is 29.3 Å². The zero-order valence-corrected chi connectivity index (χ0v) is 21.8. The summed E-state index contributed by atoms with van der Waals surface area (Å²) in [6.07, 6.45) is 1.58. The number of aryl methyl sites for hydroxylation is 1. The lowest BCUT2D eigenvalue weighted by molar-refractivity contribution is -0.161. The molecule has 36 heavy (non-hydrogen) atoms. The maximum atomic E-state index is 13.4. The van der Waals surface area contributed by atoms with E-state index in [0.717, 1.165) is 11.3 Å². The Kier molecular flexibility index (Phi) is 8.38. The summed E-state index contributed by atoms with van der Waals surface area (Å²) in [6.45, 7) is 6.93. The average Bonchev–Trinajstić information content (AvgIpc) is 2.77. The molecule has 2 aromatic carbocycles. The van der Waals surface area contributed by atoms with Crippen molar-refractivity contribution < 1.29 is 24.2 Å². The van der Waals surface area contributed by atoms with E-state index in [2.05, 4.69) is 10.3 Å². The molecule has 1 aromatic heterocycles. The van der Waals surface area contributed by atoms with Gasteiger partial charge in [0, 0.05) is 27.6 Å². The zero-order valence-electron chi connectivity index (χ0n) is 20.3. The van der Waals surface area contributed by atoms with Gasteiger partial charge in [-0.25, -0.2) is 4.79 Å². The van der Waals surface area contributed by atoms with Gasteiger partial charge in [0.15, 0.2) is 0 Å². The van der Waals surface area contributed by atoms with Crippen molar-refractivity contribution >= 4 is 46.7 Å². The van der Waals surface area contributed by atoms with Crippen molar-refractivity contribution in [3.63, 3.8) is 0 Å². The second-order valence-corrected chi connectivity index (χ2v) is 10.1. The van der Waals surface area contributed by atoms with Crippen molar-refractivity contribution in [2.45, 2.75) is 39.7 Å². The van der Waals surface area contributed by atoms with Crippen molar-refractivity contribution in [3.8, 4) is 11.1 Å². The van der Waals surface area contributed by atoms with Gasteiger partial charge in [-0.2, -0.15) is 0 Å². The number of carbonyl (C=O) groups is 3. The minimum Gasteiger partial charge on any atom is -0.478 e. The van der Waals surface area contributed by atoms with Gasteiger partial charge in [0.05, 0.1) is 5.56 Å². The lowest BCUT2D eigenvalue weighted by Gasteiger charge is -2.24. The first-order valence-corrected chi connectivity index (χ1v) is 11.9. The molecule has 188 valence electrons. The molecule has 1 atom stereocenters. The van der Waals surface area contributed by atoms with Gasteiger partial charge >= 0.3 is 11.9 Å². The first kappa shape index (κ1) is 27.2. The highest BCUT2D eigenvalue weighted by Gasteiger charge is 2.32. The lowest BCUT2D eigenvalue weighted by atomic mass is 9.97. The maximum Gasteiger partial charge on any atom is 0.335 e. The molecule has 3 aromatic rings. The highest BCUT2D eigenvalue weighted by Crippen LogP contribution is 2.28. The van der Waals surface area contributed by atoms with Gasteiger partial charge < -0.3 is 15.2 Å². The Balaban J connectivity index is 1.97. The van der Waals surface area contributed by atoms with Crippen LogP contribution in [0.15, 0.2) is 54.7 Å². The summed E-state index contributed by atoms with van der Waals surface area (Å²) in [5.41, 5.74) is 1.98. The van der Waals surface area contributed by atoms with Crippen LogP contribution in [0.3, 0.4) is 0 Å². The van der Waals surface area contributed by atoms with E-state index >= 15 is 0 Å². The van der Waals surface area contributed by atoms with Crippen molar-refractivity contribution in [2.24, 2.45) is 5.92 Å². The molecule has 0 aliphatic heterocycles. The van der Waals surface area contributed by atoms with Crippen LogP contribution < -0.4 is 5.32 Å². The number of anilines is 1. The van der Waals surface area contributed by atoms with Gasteiger partial charge in [0.2, 0.25) is 5.91 Å². The zero-order chi connectivity index (χ0) is 26.6. The molecule has 9 heteroatoms. The summed E-state index contributed by atoms with van der Waals surface area (Å²) in [4.78, 5) is 42.3. The van der Waals surface area contributed by atoms with E-state index in [4.69, 9.17) is 27.9 Å². The maximum absolute atomic E-state index is 13.4. The quantitative estimate of drug-likeness (QED) is 0.279. The van der Waals surface area contributed by atoms with Crippen molar-refractivity contribution in [1.29, 1.82) is 0 Å². The van der Waals surface area contributed by atoms with Crippen LogP contribution in [-0.4, -0.2) is 33.5 Å². The third-order valence-corrected chi connectivity index (χ3v) is 5.71. The lowest BCUT2D eigenvalue weighted by Crippen LogP contribution is -2.37. The number of aromatic nitrogens is 1. The van der Waals surface area contributed by atoms with Crippen LogP contribution in [0.1, 0.15) is 42.4 Å². The first-order chi connectivity index (χ1) is 16.8. The average molecular weight is 529 g/mol. The topological polar surface area (TPSA) is 106 Å². The van der Waals surface area contributed by atoms with Crippen LogP contribution in [0, 0.1) is 12.8 Å². The molecule has 1 heterocycles. The number of carboxylic acid groups (broad SMARTS) is 1. The van der Waals surface area contributed by atoms with E-state index in [1.54, 1.807) is 57.3 Å². The molecule has 0 fully saturated rings. The number of halogens is 2. The van der Waals surface area contributed by atoms with Gasteiger partial charge in [-0.3, -0.25) is 14.6 Å². The molecule has 3 rings (SSSR count). The fourth-order valence-corrected chi connectivity index (χ4v) is 3.99. The van der Waals surface area contributed by atoms with Crippen LogP contribution in [0.2, 0.25) is 10.0 Å². The number of hydrogen-bond acceptors (Lipinski definition) is 5. The van der Waals surface area contributed by atoms with Crippen LogP contribution in [0.25, 0.3) is 11.1 Å². The summed E-state index contributed by atoms with van der Waals surface area (Å²) >= 11 is 12.3. The fraction of sp³-hybridized carbons (Fsp3) is 0.259. The summed E-state index contributed by atoms with van der Waals surface area (Å²) in [5, 5.41) is 13.0. The Bertz CT molecular complexity index is 1320. The number of aromatic carboxylic acids is 1. The third kappa shape index (κ3) is 7.29. The van der Waals surface area contributed by atoms with Crippen LogP contribution in [-0.2, 0) is 20.7 Å². The van der Waals surface area contributed by atoms with Crippen molar-refractivity contribution in [3.05, 3.63) is 81.6 Å². The third-order valence-electron chi connectivity index (χ3n) is 5.12. The molecular weight excluding hydrogens is 503 g/mol. The predicted molar refractivity (Wildman–Crippen MR) is 139 cm³/mol. The molecule has 0 aliphatic carbocycles. The van der Waals surface area contributed by atoms with E-state index in [1.165, 1.54) is 18.2 Å². The van der Waals surface area contributed by atoms with Crippen LogP contribution in [0.5, 0.6) is 0 Å². The Morgan fingerprint density at radius 1 is 1.03 bits per heavy atom. The number of carbonyl (C=O) groups excluding carboxylic acids is 2. The van der Waals surface area contributed by atoms with Gasteiger partial charge in [0.1, 0.15) is 11.5 Å². The minimum absolute atomic E-state index is 0.0215. The summed E-state index contributed by atoms with van der Waals surface area (Å²) in [5.74, 6) is -3.79. The molecule has 0 radical (unpaired) electrons. The molecule has 0 unspecified atom stereocenters. The van der Waals surface area contributed by atoms with E-state index in [9.17, 15) is 19.5 Å². The number of esters is 1. The fourth-order valence-electron chi connectivity index (χ4n) is 3.51. The Morgan fingerprint density at radius 3 is 2.36 bits per heavy atom. The van der Waals surface area contributed by atoms with Gasteiger partial charge in [-0.05, 0) is 93.3 Å². The Hall–Kier alpha value is -3.42. The van der Waals surface area contributed by atoms with E-state index in [0.29, 0.717) is 21.2 Å². The van der Waals surface area contributed by atoms with Crippen LogP contribution >= 0.6 is 23.2 Å². The Labute approximate surface area is 219 Å². The molecule has 0 saturated heterocycles. The number of benzene rings is 2. The van der Waals surface area contributed by atoms with E-state index < -0.39 is 29.4 Å². The molecule has 0 aliphatic rings. The van der Waals surface area contributed by atoms with E-state index in [1.807, 2.05) is 6.92 Å². The van der Waals surface area contributed by atoms with Crippen molar-refractivity contribution in [2.75, 3.05) is 5.32 Å². The normalized spacial score (nSPS) is 12.1. The number of nitrogens with one attached hydrogen (secondary N) is 1. The predicted octanol–water partition coefficient (Wildman–Crippen LogP) is 6.20. The number of amides is 1. The Morgan fingerprint density at radius 2 is 1.75 bits per heavy atom. The minimum atomic E-state index is -1.25. The van der Waals surface area contributed by atoms with E-state index in [-0.39, 0.29) is 17.7 Å². The molecule has 1 amide bonds. The SMILES string of the molecule is Cc1cc(-c2cc(NC(=O)[C@H](Cc3ccc(Cl)cc3Cl)C(=O)OC(C)(C)C)cc(C(=O)O)c2)ccn1. The van der Waals surface area contributed by atoms with Gasteiger partial charge in [0.25, 0.3) is 0 Å². The smallest absolute Gasteiger partial charge is 0.335 e. The number of pyridine rings is 1. The first-order valence-electron chi connectivity index (χ1n) is 11.1. The summed E-state index contributed by atoms with van der Waals surface area (Å²) in [6, 6.07) is 12.8. The molecule has 0 bridgehead atoms. The highest BCUT2D eigenvalue weighted by atomic mass is 35.5. The molecule has 0 spiro atoms. The number of rotatable bonds is 7. The monoisotopic (exact) mass is 528 g/mol. The highest BCUT2D eigenvalue weighted by molar-refractivity contribution is 6.35. The second kappa shape index (κ2) is 11.1. The number of carboxylic acids is 1. The molecule has 2 N–H and O–H groups in total. The van der Waals surface area contributed by atoms with Crippen molar-refractivity contribution in [1.82, 2.24) is 4.98 Å². The molecule has 0 saturated carbocycles. The largest absolute Gasteiger partial charge is 0.478 e. The number of ether oxygens (including phenoxy) is 1. The number of hydrogen-bond donors (Lipinski definition) is 2. The summed E-state index contributed by atoms with van der Waals surface area (Å²) in [7, 11) is 0. The van der Waals surface area contributed by atoms with Gasteiger partial charge in [-0.15, -0.1) is 0 Å². The summed E-state index contributed by atoms with van der Waals surface area (Å²) < 4.78 is 5.49. The molecule has 7 nitrogen and oxygen atoms in total. The standard InChI is InChI=1S/C27H26Cl2N2O5/c1-15-9-16(7-8-30-15)18-10-19(25(33)34)12-21(11-18)31-24(32)22(26(35)36-27(2,3)4)13-17-5-6-20(28)14-23(17)29/h5-12,14,22H,13H2,1-4H3,(H,31,32)(H,33,34)/t22-/m0/s1. The molecular formula is C27H26Cl2N2O5. The number of nitrogens with zero attached hydrogens (tertiary/aromatic N) is 1.